The van der Waals surface area contributed by atoms with Gasteiger partial charge in [0.1, 0.15) is 0 Å². The third-order valence-corrected chi connectivity index (χ3v) is 8.54. The topological polar surface area (TPSA) is 66.5 Å². The zero-order valence-corrected chi connectivity index (χ0v) is 17.6. The van der Waals surface area contributed by atoms with Crippen LogP contribution in [0.3, 0.4) is 0 Å². The molecule has 1 aromatic carbocycles. The molecule has 0 aliphatic carbocycles. The van der Waals surface area contributed by atoms with Crippen molar-refractivity contribution in [2.75, 3.05) is 13.1 Å². The van der Waals surface area contributed by atoms with Gasteiger partial charge in [-0.3, -0.25) is 4.79 Å². The fourth-order valence-electron chi connectivity index (χ4n) is 3.23. The lowest BCUT2D eigenvalue weighted by Gasteiger charge is -2.26. The average molecular weight is 433 g/mol. The number of nitrogens with one attached hydrogen (secondary N) is 1. The molecule has 3 aromatic rings. The van der Waals surface area contributed by atoms with Crippen LogP contribution in [0.15, 0.2) is 58.1 Å². The van der Waals surface area contributed by atoms with E-state index in [4.69, 9.17) is 0 Å². The molecular formula is C20H20N2O3S3. The fourth-order valence-corrected chi connectivity index (χ4v) is 6.29. The van der Waals surface area contributed by atoms with Crippen molar-refractivity contribution in [3.8, 4) is 0 Å². The minimum Gasteiger partial charge on any atom is -0.352 e. The van der Waals surface area contributed by atoms with Gasteiger partial charge in [0.15, 0.2) is 0 Å². The third-order valence-electron chi connectivity index (χ3n) is 4.74. The van der Waals surface area contributed by atoms with E-state index in [0.29, 0.717) is 25.2 Å². The monoisotopic (exact) mass is 432 g/mol. The molecule has 0 bridgehead atoms. The second-order valence-corrected chi connectivity index (χ2v) is 10.5. The van der Waals surface area contributed by atoms with Crippen molar-refractivity contribution in [2.24, 2.45) is 0 Å². The minimum absolute atomic E-state index is 0.164. The second kappa shape index (κ2) is 8.16. The van der Waals surface area contributed by atoms with E-state index in [0.717, 1.165) is 18.4 Å². The van der Waals surface area contributed by atoms with E-state index in [1.165, 1.54) is 20.1 Å². The van der Waals surface area contributed by atoms with Crippen LogP contribution in [0.1, 0.15) is 25.7 Å². The molecule has 1 N–H and O–H groups in total. The SMILES string of the molecule is O=C(NCCc1cccs1)c1cccc(S(=O)(=O)N2CCc3sccc3C2)c1. The van der Waals surface area contributed by atoms with Gasteiger partial charge in [0.2, 0.25) is 10.0 Å². The number of hydrogen-bond donors (Lipinski definition) is 1. The molecule has 5 nitrogen and oxygen atoms in total. The molecule has 8 heteroatoms. The second-order valence-electron chi connectivity index (χ2n) is 6.57. The number of benzene rings is 1. The van der Waals surface area contributed by atoms with Gasteiger partial charge in [0.25, 0.3) is 5.91 Å². The quantitative estimate of drug-likeness (QED) is 0.648. The molecule has 0 fully saturated rings. The van der Waals surface area contributed by atoms with Gasteiger partial charge in [-0.25, -0.2) is 8.42 Å². The zero-order valence-electron chi connectivity index (χ0n) is 15.1. The summed E-state index contributed by atoms with van der Waals surface area (Å²) >= 11 is 3.33. The van der Waals surface area contributed by atoms with Crippen molar-refractivity contribution >= 4 is 38.6 Å². The standard InChI is InChI=1S/C20H20N2O3S3/c23-20(21-9-6-17-4-2-11-26-17)15-3-1-5-18(13-15)28(24,25)22-10-7-19-16(14-22)8-12-27-19/h1-5,8,11-13H,6-7,9-10,14H2,(H,21,23). The molecule has 2 aromatic heterocycles. The maximum Gasteiger partial charge on any atom is 0.251 e. The molecule has 1 aliphatic rings. The number of nitrogens with zero attached hydrogens (tertiary/aromatic N) is 1. The van der Waals surface area contributed by atoms with Gasteiger partial charge in [0.05, 0.1) is 4.90 Å². The maximum absolute atomic E-state index is 13.1. The highest BCUT2D eigenvalue weighted by Crippen LogP contribution is 2.28. The predicted octanol–water partition coefficient (Wildman–Crippen LogP) is 3.53. The Bertz CT molecular complexity index is 1070. The first-order chi connectivity index (χ1) is 13.5. The van der Waals surface area contributed by atoms with E-state index in [1.54, 1.807) is 40.9 Å². The van der Waals surface area contributed by atoms with Gasteiger partial charge >= 0.3 is 0 Å². The molecule has 1 aliphatic heterocycles. The van der Waals surface area contributed by atoms with Crippen LogP contribution in [0.2, 0.25) is 0 Å². The fraction of sp³-hybridized carbons (Fsp3) is 0.250. The van der Waals surface area contributed by atoms with E-state index in [-0.39, 0.29) is 10.8 Å². The first kappa shape index (κ1) is 19.3. The van der Waals surface area contributed by atoms with Crippen molar-refractivity contribution in [2.45, 2.75) is 24.3 Å². The number of carbonyl (C=O) groups excluding carboxylic acids is 1. The maximum atomic E-state index is 13.1. The summed E-state index contributed by atoms with van der Waals surface area (Å²) in [6.07, 6.45) is 1.49. The van der Waals surface area contributed by atoms with E-state index in [9.17, 15) is 13.2 Å². The van der Waals surface area contributed by atoms with Gasteiger partial charge in [-0.1, -0.05) is 12.1 Å². The number of amides is 1. The molecule has 0 atom stereocenters. The molecule has 1 amide bonds. The van der Waals surface area contributed by atoms with Crippen molar-refractivity contribution < 1.29 is 13.2 Å². The Hall–Kier alpha value is -2.00. The van der Waals surface area contributed by atoms with Crippen LogP contribution in [0.25, 0.3) is 0 Å². The Morgan fingerprint density at radius 1 is 1.11 bits per heavy atom. The van der Waals surface area contributed by atoms with Crippen LogP contribution < -0.4 is 5.32 Å². The number of hydrogen-bond acceptors (Lipinski definition) is 5. The molecule has 0 saturated heterocycles. The summed E-state index contributed by atoms with van der Waals surface area (Å²) < 4.78 is 27.6. The van der Waals surface area contributed by atoms with Crippen LogP contribution in [-0.4, -0.2) is 31.7 Å². The lowest BCUT2D eigenvalue weighted by atomic mass is 10.1. The van der Waals surface area contributed by atoms with E-state index in [2.05, 4.69) is 5.32 Å². The molecule has 0 unspecified atom stereocenters. The van der Waals surface area contributed by atoms with Gasteiger partial charge in [-0.15, -0.1) is 22.7 Å². The Kier molecular flexibility index (Phi) is 5.63. The summed E-state index contributed by atoms with van der Waals surface area (Å²) in [5, 5.41) is 6.87. The predicted molar refractivity (Wildman–Crippen MR) is 112 cm³/mol. The number of fused-ring (bicyclic) bond motifs is 1. The molecule has 146 valence electrons. The zero-order chi connectivity index (χ0) is 19.6. The summed E-state index contributed by atoms with van der Waals surface area (Å²) in [6, 6.07) is 12.3. The first-order valence-electron chi connectivity index (χ1n) is 9.00. The summed E-state index contributed by atoms with van der Waals surface area (Å²) in [5.74, 6) is -0.257. The third kappa shape index (κ3) is 4.05. The lowest BCUT2D eigenvalue weighted by molar-refractivity contribution is 0.0954. The highest BCUT2D eigenvalue weighted by molar-refractivity contribution is 7.89. The van der Waals surface area contributed by atoms with E-state index < -0.39 is 10.0 Å². The number of thiophene rings is 2. The lowest BCUT2D eigenvalue weighted by Crippen LogP contribution is -2.35. The number of rotatable bonds is 6. The van der Waals surface area contributed by atoms with Gasteiger partial charge < -0.3 is 5.32 Å². The molecule has 0 radical (unpaired) electrons. The van der Waals surface area contributed by atoms with Crippen molar-refractivity contribution in [1.82, 2.24) is 9.62 Å². The van der Waals surface area contributed by atoms with Gasteiger partial charge in [0, 0.05) is 35.0 Å². The Balaban J connectivity index is 1.46. The normalized spacial score (nSPS) is 14.6. The molecule has 4 rings (SSSR count). The number of carbonyl (C=O) groups is 1. The molecule has 0 saturated carbocycles. The van der Waals surface area contributed by atoms with E-state index in [1.807, 2.05) is 29.0 Å². The van der Waals surface area contributed by atoms with Gasteiger partial charge in [-0.05, 0) is 59.5 Å². The Morgan fingerprint density at radius 3 is 2.82 bits per heavy atom. The molecule has 28 heavy (non-hydrogen) atoms. The van der Waals surface area contributed by atoms with Gasteiger partial charge in [-0.2, -0.15) is 4.31 Å². The summed E-state index contributed by atoms with van der Waals surface area (Å²) in [6.45, 7) is 1.37. The first-order valence-corrected chi connectivity index (χ1v) is 12.2. The molecular weight excluding hydrogens is 412 g/mol. The summed E-state index contributed by atoms with van der Waals surface area (Å²) in [7, 11) is -3.63. The largest absolute Gasteiger partial charge is 0.352 e. The Labute approximate surface area is 172 Å². The van der Waals surface area contributed by atoms with Crippen molar-refractivity contribution in [3.05, 3.63) is 74.1 Å². The molecule has 3 heterocycles. The smallest absolute Gasteiger partial charge is 0.251 e. The van der Waals surface area contributed by atoms with Crippen LogP contribution >= 0.6 is 22.7 Å². The van der Waals surface area contributed by atoms with Crippen LogP contribution in [0.5, 0.6) is 0 Å². The summed E-state index contributed by atoms with van der Waals surface area (Å²) in [5.41, 5.74) is 1.43. The van der Waals surface area contributed by atoms with Crippen molar-refractivity contribution in [1.29, 1.82) is 0 Å². The average Bonchev–Trinajstić information content (AvgIpc) is 3.39. The minimum atomic E-state index is -3.63. The van der Waals surface area contributed by atoms with Crippen LogP contribution in [0, 0.1) is 0 Å². The Morgan fingerprint density at radius 2 is 2.00 bits per heavy atom. The van der Waals surface area contributed by atoms with Crippen LogP contribution in [-0.2, 0) is 29.4 Å². The van der Waals surface area contributed by atoms with E-state index >= 15 is 0 Å². The highest BCUT2D eigenvalue weighted by atomic mass is 32.2. The van der Waals surface area contributed by atoms with Crippen LogP contribution in [0.4, 0.5) is 0 Å². The highest BCUT2D eigenvalue weighted by Gasteiger charge is 2.29. The van der Waals surface area contributed by atoms with Crippen molar-refractivity contribution in [3.63, 3.8) is 0 Å². The molecule has 0 spiro atoms. The summed E-state index contributed by atoms with van der Waals surface area (Å²) in [4.78, 5) is 15.1. The number of sulfonamides is 1.